The van der Waals surface area contributed by atoms with E-state index in [0.29, 0.717) is 6.61 Å². The Morgan fingerprint density at radius 2 is 1.44 bits per heavy atom. The van der Waals surface area contributed by atoms with Gasteiger partial charge in [-0.05, 0) is 35.9 Å². The highest BCUT2D eigenvalue weighted by Crippen LogP contribution is 2.36. The molecule has 0 aliphatic heterocycles. The quantitative estimate of drug-likeness (QED) is 0.310. The lowest BCUT2D eigenvalue weighted by Gasteiger charge is -2.07. The molecule has 0 bridgehead atoms. The molecule has 3 aromatic carbocycles. The SMILES string of the molecule is c1ccc(COc2cccc3c(-c4nc5c6cccnc6c6ncccc6c5[nH]4)c[nH]c23)cc1. The molecule has 0 saturated carbocycles. The van der Waals surface area contributed by atoms with Gasteiger partial charge in [-0.25, -0.2) is 4.98 Å². The number of nitrogens with one attached hydrogen (secondary N) is 2. The number of aromatic nitrogens is 5. The van der Waals surface area contributed by atoms with Crippen LogP contribution in [0.3, 0.4) is 0 Å². The first-order chi connectivity index (χ1) is 16.9. The third-order valence-corrected chi connectivity index (χ3v) is 6.24. The monoisotopic (exact) mass is 441 g/mol. The summed E-state index contributed by atoms with van der Waals surface area (Å²) in [4.78, 5) is 21.2. The van der Waals surface area contributed by atoms with Crippen molar-refractivity contribution in [3.8, 4) is 17.1 Å². The summed E-state index contributed by atoms with van der Waals surface area (Å²) >= 11 is 0. The van der Waals surface area contributed by atoms with Gasteiger partial charge in [-0.2, -0.15) is 0 Å². The first-order valence-electron chi connectivity index (χ1n) is 11.1. The number of hydrogen-bond donors (Lipinski definition) is 2. The zero-order valence-electron chi connectivity index (χ0n) is 18.1. The van der Waals surface area contributed by atoms with Crippen molar-refractivity contribution in [2.45, 2.75) is 6.61 Å². The minimum atomic E-state index is 0.511. The van der Waals surface area contributed by atoms with Gasteiger partial charge in [0.2, 0.25) is 0 Å². The molecule has 0 amide bonds. The summed E-state index contributed by atoms with van der Waals surface area (Å²) in [5, 5.41) is 3.04. The molecule has 6 heteroatoms. The Bertz CT molecular complexity index is 1740. The van der Waals surface area contributed by atoms with Crippen LogP contribution in [-0.2, 0) is 6.61 Å². The van der Waals surface area contributed by atoms with Crippen LogP contribution < -0.4 is 4.74 Å². The highest BCUT2D eigenvalue weighted by atomic mass is 16.5. The highest BCUT2D eigenvalue weighted by molar-refractivity contribution is 6.21. The topological polar surface area (TPSA) is 79.5 Å². The summed E-state index contributed by atoms with van der Waals surface area (Å²) in [5.41, 5.74) is 6.66. The van der Waals surface area contributed by atoms with Crippen LogP contribution >= 0.6 is 0 Å². The average Bonchev–Trinajstić information content (AvgIpc) is 3.53. The zero-order chi connectivity index (χ0) is 22.5. The van der Waals surface area contributed by atoms with Crippen molar-refractivity contribution in [1.29, 1.82) is 0 Å². The number of benzene rings is 3. The van der Waals surface area contributed by atoms with Crippen molar-refractivity contribution in [3.63, 3.8) is 0 Å². The fraction of sp³-hybridized carbons (Fsp3) is 0.0357. The largest absolute Gasteiger partial charge is 0.487 e. The van der Waals surface area contributed by atoms with Gasteiger partial charge in [-0.15, -0.1) is 0 Å². The minimum Gasteiger partial charge on any atom is -0.487 e. The lowest BCUT2D eigenvalue weighted by molar-refractivity contribution is 0.309. The van der Waals surface area contributed by atoms with Gasteiger partial charge >= 0.3 is 0 Å². The van der Waals surface area contributed by atoms with Crippen LogP contribution in [0, 0.1) is 0 Å². The van der Waals surface area contributed by atoms with Crippen LogP contribution in [0.1, 0.15) is 5.56 Å². The van der Waals surface area contributed by atoms with Gasteiger partial charge in [0.25, 0.3) is 0 Å². The maximum atomic E-state index is 6.15. The van der Waals surface area contributed by atoms with Gasteiger partial charge in [0, 0.05) is 40.3 Å². The summed E-state index contributed by atoms with van der Waals surface area (Å²) in [6.07, 6.45) is 5.58. The second-order valence-electron chi connectivity index (χ2n) is 8.26. The number of ether oxygens (including phenoxy) is 1. The Hall–Kier alpha value is -4.71. The number of nitrogens with zero attached hydrogens (tertiary/aromatic N) is 3. The van der Waals surface area contributed by atoms with Crippen molar-refractivity contribution in [3.05, 3.63) is 97.0 Å². The van der Waals surface area contributed by atoms with E-state index < -0.39 is 0 Å². The van der Waals surface area contributed by atoms with Crippen LogP contribution in [0.2, 0.25) is 0 Å². The lowest BCUT2D eigenvalue weighted by Crippen LogP contribution is -1.95. The van der Waals surface area contributed by atoms with Crippen LogP contribution in [-0.4, -0.2) is 24.9 Å². The van der Waals surface area contributed by atoms with Crippen molar-refractivity contribution < 1.29 is 4.74 Å². The van der Waals surface area contributed by atoms with Gasteiger partial charge in [0.05, 0.1) is 27.6 Å². The van der Waals surface area contributed by atoms with Gasteiger partial charge in [-0.3, -0.25) is 9.97 Å². The van der Waals surface area contributed by atoms with Gasteiger partial charge < -0.3 is 14.7 Å². The number of H-pyrrole nitrogens is 2. The molecular formula is C28H19N5O. The Kier molecular flexibility index (Phi) is 4.11. The molecule has 2 N–H and O–H groups in total. The third kappa shape index (κ3) is 2.85. The number of pyridine rings is 2. The second-order valence-corrected chi connectivity index (χ2v) is 8.26. The highest BCUT2D eigenvalue weighted by Gasteiger charge is 2.17. The normalized spacial score (nSPS) is 11.6. The number of para-hydroxylation sites is 1. The molecule has 0 aliphatic rings. The number of rotatable bonds is 4. The number of imidazole rings is 1. The van der Waals surface area contributed by atoms with Gasteiger partial charge in [0.1, 0.15) is 18.2 Å². The van der Waals surface area contributed by atoms with E-state index in [9.17, 15) is 0 Å². The summed E-state index contributed by atoms with van der Waals surface area (Å²) < 4.78 is 6.15. The van der Waals surface area contributed by atoms with Crippen LogP contribution in [0.5, 0.6) is 5.75 Å². The molecule has 6 nitrogen and oxygen atoms in total. The Morgan fingerprint density at radius 3 is 2.29 bits per heavy atom. The molecule has 7 aromatic rings. The van der Waals surface area contributed by atoms with Gasteiger partial charge in [-0.1, -0.05) is 42.5 Å². The predicted molar refractivity (Wildman–Crippen MR) is 135 cm³/mol. The Labute approximate surface area is 194 Å². The van der Waals surface area contributed by atoms with Crippen LogP contribution in [0.4, 0.5) is 0 Å². The second kappa shape index (κ2) is 7.42. The molecule has 0 unspecified atom stereocenters. The number of aromatic amines is 2. The number of hydrogen-bond acceptors (Lipinski definition) is 4. The lowest BCUT2D eigenvalue weighted by atomic mass is 10.1. The molecular weight excluding hydrogens is 422 g/mol. The van der Waals surface area contributed by atoms with Crippen molar-refractivity contribution >= 4 is 43.7 Å². The smallest absolute Gasteiger partial charge is 0.143 e. The molecule has 4 heterocycles. The molecule has 0 saturated heterocycles. The molecule has 0 aliphatic carbocycles. The first-order valence-corrected chi connectivity index (χ1v) is 11.1. The average molecular weight is 441 g/mol. The molecule has 162 valence electrons. The summed E-state index contributed by atoms with van der Waals surface area (Å²) in [7, 11) is 0. The van der Waals surface area contributed by atoms with E-state index in [4.69, 9.17) is 9.72 Å². The van der Waals surface area contributed by atoms with E-state index in [-0.39, 0.29) is 0 Å². The minimum absolute atomic E-state index is 0.511. The molecule has 34 heavy (non-hydrogen) atoms. The first kappa shape index (κ1) is 18.8. The fourth-order valence-electron chi connectivity index (χ4n) is 4.65. The summed E-state index contributed by atoms with van der Waals surface area (Å²) in [6.45, 7) is 0.511. The van der Waals surface area contributed by atoms with E-state index in [1.807, 2.05) is 54.7 Å². The van der Waals surface area contributed by atoms with Crippen molar-refractivity contribution in [1.82, 2.24) is 24.9 Å². The van der Waals surface area contributed by atoms with E-state index in [2.05, 4.69) is 44.2 Å². The summed E-state index contributed by atoms with van der Waals surface area (Å²) in [6, 6.07) is 24.3. The number of fused-ring (bicyclic) bond motifs is 7. The summed E-state index contributed by atoms with van der Waals surface area (Å²) in [5.74, 6) is 1.61. The van der Waals surface area contributed by atoms with E-state index in [0.717, 1.165) is 66.4 Å². The fourth-order valence-corrected chi connectivity index (χ4v) is 4.65. The maximum Gasteiger partial charge on any atom is 0.143 e. The molecule has 7 rings (SSSR count). The molecule has 0 fully saturated rings. The van der Waals surface area contributed by atoms with Crippen molar-refractivity contribution in [2.24, 2.45) is 0 Å². The van der Waals surface area contributed by atoms with Crippen LogP contribution in [0.25, 0.3) is 55.1 Å². The Morgan fingerprint density at radius 1 is 0.676 bits per heavy atom. The zero-order valence-corrected chi connectivity index (χ0v) is 18.1. The maximum absolute atomic E-state index is 6.15. The predicted octanol–water partition coefficient (Wildman–Crippen LogP) is 6.39. The van der Waals surface area contributed by atoms with Crippen LogP contribution in [0.15, 0.2) is 91.4 Å². The molecule has 0 atom stereocenters. The molecule has 0 radical (unpaired) electrons. The van der Waals surface area contributed by atoms with Crippen molar-refractivity contribution in [2.75, 3.05) is 0 Å². The van der Waals surface area contributed by atoms with E-state index in [1.165, 1.54) is 0 Å². The van der Waals surface area contributed by atoms with E-state index in [1.54, 1.807) is 12.4 Å². The van der Waals surface area contributed by atoms with E-state index >= 15 is 0 Å². The molecule has 0 spiro atoms. The van der Waals surface area contributed by atoms with Gasteiger partial charge in [0.15, 0.2) is 0 Å². The third-order valence-electron chi connectivity index (χ3n) is 6.24. The Balaban J connectivity index is 1.38. The molecule has 4 aromatic heterocycles. The standard InChI is InChI=1S/C28H19N5O/c1-2-7-17(8-3-1)16-34-22-12-4-9-18-21(15-31-23(18)22)28-32-26-19-10-5-13-29-24(19)25-20(27(26)33-28)11-6-14-30-25/h1-15,31H,16H2,(H,32,33).